The molecule has 4 rings (SSSR count). The van der Waals surface area contributed by atoms with E-state index >= 15 is 0 Å². The number of rotatable bonds is 3. The Morgan fingerprint density at radius 2 is 1.96 bits per heavy atom. The Kier molecular flexibility index (Phi) is 4.49. The first-order valence-electron chi connectivity index (χ1n) is 8.58. The van der Waals surface area contributed by atoms with E-state index in [0.717, 1.165) is 29.7 Å². The van der Waals surface area contributed by atoms with Crippen LogP contribution in [0.2, 0.25) is 0 Å². The predicted molar refractivity (Wildman–Crippen MR) is 91.8 cm³/mol. The average molecular weight is 419 g/mol. The van der Waals surface area contributed by atoms with Crippen LogP contribution in [-0.4, -0.2) is 48.6 Å². The second kappa shape index (κ2) is 6.62. The van der Waals surface area contributed by atoms with Gasteiger partial charge in [-0.3, -0.25) is 9.20 Å². The average Bonchev–Trinajstić information content (AvgIpc) is 2.93. The molecule has 0 radical (unpaired) electrons. The second-order valence-corrected chi connectivity index (χ2v) is 8.23. The lowest BCUT2D eigenvalue weighted by atomic mass is 10.1. The van der Waals surface area contributed by atoms with Crippen molar-refractivity contribution in [2.24, 2.45) is 0 Å². The van der Waals surface area contributed by atoms with Gasteiger partial charge in [-0.05, 0) is 31.4 Å². The number of ether oxygens (including phenoxy) is 1. The van der Waals surface area contributed by atoms with Gasteiger partial charge < -0.3 is 13.8 Å². The maximum atomic E-state index is 12.7. The van der Waals surface area contributed by atoms with E-state index in [-0.39, 0.29) is 23.7 Å². The van der Waals surface area contributed by atoms with Gasteiger partial charge in [0.05, 0.1) is 12.2 Å². The molecule has 0 spiro atoms. The van der Waals surface area contributed by atoms with Crippen molar-refractivity contribution >= 4 is 21.6 Å². The fraction of sp³-hybridized carbons (Fsp3) is 0.500. The summed E-state index contributed by atoms with van der Waals surface area (Å²) >= 11 is 0. The van der Waals surface area contributed by atoms with Crippen LogP contribution in [-0.2, 0) is 14.9 Å². The summed E-state index contributed by atoms with van der Waals surface area (Å²) in [6.45, 7) is 1.05. The summed E-state index contributed by atoms with van der Waals surface area (Å²) in [6.07, 6.45) is 4.00. The van der Waals surface area contributed by atoms with Crippen molar-refractivity contribution in [1.82, 2.24) is 9.38 Å². The van der Waals surface area contributed by atoms with Gasteiger partial charge in [0.15, 0.2) is 11.4 Å². The molecule has 2 aromatic heterocycles. The number of hydrogen-bond acceptors (Lipinski definition) is 7. The van der Waals surface area contributed by atoms with E-state index in [1.165, 1.54) is 18.3 Å². The van der Waals surface area contributed by atoms with Gasteiger partial charge >= 0.3 is 15.6 Å². The summed E-state index contributed by atoms with van der Waals surface area (Å²) in [4.78, 5) is 18.5. The Morgan fingerprint density at radius 1 is 1.21 bits per heavy atom. The first-order chi connectivity index (χ1) is 13.1. The molecule has 2 bridgehead atoms. The van der Waals surface area contributed by atoms with Crippen molar-refractivity contribution in [1.29, 1.82) is 0 Å². The predicted octanol–water partition coefficient (Wildman–Crippen LogP) is 1.68. The number of halogens is 3. The highest BCUT2D eigenvalue weighted by atomic mass is 32.2. The third kappa shape index (κ3) is 3.41. The van der Waals surface area contributed by atoms with Crippen molar-refractivity contribution in [3.63, 3.8) is 0 Å². The Balaban J connectivity index is 1.76. The molecule has 12 heteroatoms. The number of alkyl halides is 3. The number of nitrogens with zero attached hydrogens (tertiary/aromatic N) is 3. The van der Waals surface area contributed by atoms with Gasteiger partial charge in [0, 0.05) is 25.4 Å². The van der Waals surface area contributed by atoms with Crippen LogP contribution in [0.3, 0.4) is 0 Å². The number of fused-ring (bicyclic) bond motifs is 3. The summed E-state index contributed by atoms with van der Waals surface area (Å²) in [5.41, 5.74) is -6.47. The molecule has 4 heterocycles. The molecule has 2 fully saturated rings. The molecule has 2 unspecified atom stereocenters. The Morgan fingerprint density at radius 3 is 2.71 bits per heavy atom. The minimum absolute atomic E-state index is 0.00940. The smallest absolute Gasteiger partial charge is 0.373 e. The lowest BCUT2D eigenvalue weighted by Crippen LogP contribution is -2.33. The monoisotopic (exact) mass is 419 g/mol. The zero-order valence-electron chi connectivity index (χ0n) is 14.4. The topological polar surface area (TPSA) is 90.2 Å². The molecule has 2 saturated heterocycles. The van der Waals surface area contributed by atoms with Gasteiger partial charge in [-0.1, -0.05) is 0 Å². The third-order valence-corrected chi connectivity index (χ3v) is 5.76. The molecule has 28 heavy (non-hydrogen) atoms. The maximum Gasteiger partial charge on any atom is 0.534 e. The zero-order valence-corrected chi connectivity index (χ0v) is 15.2. The molecule has 2 aliphatic heterocycles. The van der Waals surface area contributed by atoms with Crippen LogP contribution >= 0.6 is 0 Å². The Labute approximate surface area is 157 Å². The minimum atomic E-state index is -5.89. The lowest BCUT2D eigenvalue weighted by Gasteiger charge is -2.24. The molecular weight excluding hydrogens is 403 g/mol. The molecule has 2 atom stereocenters. The number of anilines is 1. The van der Waals surface area contributed by atoms with Crippen LogP contribution in [0, 0.1) is 0 Å². The van der Waals surface area contributed by atoms with Gasteiger partial charge in [0.2, 0.25) is 0 Å². The SMILES string of the molecule is O=c1cc(N2CCC3CCC(C2)O3)nc2c(OS(=O)(=O)C(F)(F)F)cccn12. The second-order valence-electron chi connectivity index (χ2n) is 6.69. The van der Waals surface area contributed by atoms with E-state index in [9.17, 15) is 26.4 Å². The quantitative estimate of drug-likeness (QED) is 0.552. The molecule has 0 amide bonds. The van der Waals surface area contributed by atoms with E-state index in [1.54, 1.807) is 0 Å². The minimum Gasteiger partial charge on any atom is -0.373 e. The van der Waals surface area contributed by atoms with Crippen LogP contribution in [0.4, 0.5) is 19.0 Å². The highest BCUT2D eigenvalue weighted by molar-refractivity contribution is 7.88. The molecule has 0 N–H and O–H groups in total. The standard InChI is InChI=1S/C16H16F3N3O5S/c17-16(18,19)28(24,25)27-12-2-1-6-22-14(23)8-13(20-15(12)22)21-7-5-10-3-4-11(9-21)26-10/h1-2,6,8,10-11H,3-5,7,9H2. The third-order valence-electron chi connectivity index (χ3n) is 4.79. The van der Waals surface area contributed by atoms with E-state index in [4.69, 9.17) is 4.74 Å². The van der Waals surface area contributed by atoms with Gasteiger partial charge in [-0.25, -0.2) is 4.98 Å². The normalized spacial score (nSPS) is 23.0. The fourth-order valence-corrected chi connectivity index (χ4v) is 3.91. The molecule has 0 saturated carbocycles. The summed E-state index contributed by atoms with van der Waals surface area (Å²) < 4.78 is 71.8. The first kappa shape index (κ1) is 19.0. The van der Waals surface area contributed by atoms with Crippen LogP contribution in [0.1, 0.15) is 19.3 Å². The van der Waals surface area contributed by atoms with Crippen molar-refractivity contribution in [2.45, 2.75) is 37.0 Å². The van der Waals surface area contributed by atoms with Gasteiger partial charge in [0.1, 0.15) is 5.82 Å². The van der Waals surface area contributed by atoms with E-state index < -0.39 is 26.9 Å². The molecule has 0 aromatic carbocycles. The van der Waals surface area contributed by atoms with Crippen molar-refractivity contribution < 1.29 is 30.5 Å². The summed E-state index contributed by atoms with van der Waals surface area (Å²) in [7, 11) is -5.89. The van der Waals surface area contributed by atoms with E-state index in [2.05, 4.69) is 9.17 Å². The molecular formula is C16H16F3N3O5S. The Hall–Kier alpha value is -2.34. The molecule has 0 aliphatic carbocycles. The number of hydrogen-bond donors (Lipinski definition) is 0. The number of aromatic nitrogens is 2. The van der Waals surface area contributed by atoms with E-state index in [1.807, 2.05) is 4.90 Å². The molecule has 8 nitrogen and oxygen atoms in total. The molecule has 2 aliphatic rings. The number of pyridine rings is 1. The summed E-state index contributed by atoms with van der Waals surface area (Å²) in [5, 5.41) is 0. The highest BCUT2D eigenvalue weighted by Crippen LogP contribution is 2.31. The van der Waals surface area contributed by atoms with Gasteiger partial charge in [-0.15, -0.1) is 0 Å². The molecule has 152 valence electrons. The maximum absolute atomic E-state index is 12.7. The van der Waals surface area contributed by atoms with Gasteiger partial charge in [-0.2, -0.15) is 21.6 Å². The van der Waals surface area contributed by atoms with E-state index in [0.29, 0.717) is 13.1 Å². The highest BCUT2D eigenvalue weighted by Gasteiger charge is 2.49. The van der Waals surface area contributed by atoms with Crippen molar-refractivity contribution in [2.75, 3.05) is 18.0 Å². The van der Waals surface area contributed by atoms with Crippen LogP contribution in [0.15, 0.2) is 29.2 Å². The lowest BCUT2D eigenvalue weighted by molar-refractivity contribution is -0.0499. The first-order valence-corrected chi connectivity index (χ1v) is 9.98. The summed E-state index contributed by atoms with van der Waals surface area (Å²) in [5.74, 6) is -0.437. The zero-order chi connectivity index (χ0) is 20.1. The fourth-order valence-electron chi connectivity index (χ4n) is 3.45. The largest absolute Gasteiger partial charge is 0.534 e. The van der Waals surface area contributed by atoms with Crippen LogP contribution in [0.25, 0.3) is 5.65 Å². The van der Waals surface area contributed by atoms with Gasteiger partial charge in [0.25, 0.3) is 5.56 Å². The summed E-state index contributed by atoms with van der Waals surface area (Å²) in [6, 6.07) is 3.48. The van der Waals surface area contributed by atoms with Crippen LogP contribution in [0.5, 0.6) is 5.75 Å². The molecule has 2 aromatic rings. The van der Waals surface area contributed by atoms with Crippen LogP contribution < -0.4 is 14.6 Å². The van der Waals surface area contributed by atoms with Crippen molar-refractivity contribution in [3.05, 3.63) is 34.7 Å². The Bertz CT molecular complexity index is 1070. The van der Waals surface area contributed by atoms with Crippen molar-refractivity contribution in [3.8, 4) is 5.75 Å².